The maximum Gasteiger partial charge on any atom is 0.261 e. The summed E-state index contributed by atoms with van der Waals surface area (Å²) in [6.07, 6.45) is 1.36. The van der Waals surface area contributed by atoms with Gasteiger partial charge in [-0.15, -0.1) is 0 Å². The first-order valence-corrected chi connectivity index (χ1v) is 12.6. The van der Waals surface area contributed by atoms with Gasteiger partial charge in [0, 0.05) is 17.6 Å². The van der Waals surface area contributed by atoms with Gasteiger partial charge in [-0.1, -0.05) is 30.7 Å². The van der Waals surface area contributed by atoms with Crippen molar-refractivity contribution in [1.29, 1.82) is 0 Å². The molecule has 0 radical (unpaired) electrons. The molecule has 0 bridgehead atoms. The number of hydrogen-bond acceptors (Lipinski definition) is 5. The van der Waals surface area contributed by atoms with E-state index in [-0.39, 0.29) is 30.1 Å². The molecule has 0 aromatic heterocycles. The molecule has 0 N–H and O–H groups in total. The van der Waals surface area contributed by atoms with Crippen LogP contribution in [0.15, 0.2) is 42.5 Å². The quantitative estimate of drug-likeness (QED) is 0.559. The number of nitrogens with zero attached hydrogens (tertiary/aromatic N) is 1. The summed E-state index contributed by atoms with van der Waals surface area (Å²) in [6.45, 7) is 4.69. The number of ether oxygens (including phenoxy) is 2. The van der Waals surface area contributed by atoms with Crippen molar-refractivity contribution in [2.24, 2.45) is 0 Å². The zero-order chi connectivity index (χ0) is 22.4. The Bertz CT molecular complexity index is 1010. The lowest BCUT2D eigenvalue weighted by atomic mass is 10.1. The molecule has 6 nitrogen and oxygen atoms in total. The fourth-order valence-electron chi connectivity index (χ4n) is 3.55. The van der Waals surface area contributed by atoms with Crippen LogP contribution >= 0.6 is 11.6 Å². The van der Waals surface area contributed by atoms with E-state index >= 15 is 0 Å². The molecule has 0 aliphatic carbocycles. The van der Waals surface area contributed by atoms with Gasteiger partial charge in [-0.2, -0.15) is 0 Å². The van der Waals surface area contributed by atoms with E-state index in [0.717, 1.165) is 23.3 Å². The Morgan fingerprint density at radius 1 is 1.16 bits per heavy atom. The molecule has 31 heavy (non-hydrogen) atoms. The number of halogens is 1. The second-order valence-electron chi connectivity index (χ2n) is 7.77. The second-order valence-corrected chi connectivity index (χ2v) is 10.4. The summed E-state index contributed by atoms with van der Waals surface area (Å²) in [5.41, 5.74) is 1.74. The number of sulfone groups is 1. The molecule has 0 saturated carbocycles. The van der Waals surface area contributed by atoms with Gasteiger partial charge in [0.1, 0.15) is 11.5 Å². The topological polar surface area (TPSA) is 72.9 Å². The van der Waals surface area contributed by atoms with Crippen molar-refractivity contribution in [3.8, 4) is 11.5 Å². The van der Waals surface area contributed by atoms with Crippen LogP contribution in [0.4, 0.5) is 0 Å². The van der Waals surface area contributed by atoms with Crippen LogP contribution in [0.25, 0.3) is 0 Å². The molecule has 1 unspecified atom stereocenters. The monoisotopic (exact) mass is 465 g/mol. The molecule has 3 rings (SSSR count). The van der Waals surface area contributed by atoms with Crippen LogP contribution < -0.4 is 9.47 Å². The molecule has 1 atom stereocenters. The fourth-order valence-corrected chi connectivity index (χ4v) is 5.50. The van der Waals surface area contributed by atoms with Crippen molar-refractivity contribution in [2.45, 2.75) is 39.3 Å². The van der Waals surface area contributed by atoms with E-state index in [4.69, 9.17) is 21.1 Å². The molecule has 1 fully saturated rings. The van der Waals surface area contributed by atoms with Crippen LogP contribution in [0.1, 0.15) is 30.9 Å². The summed E-state index contributed by atoms with van der Waals surface area (Å²) < 4.78 is 35.4. The first-order chi connectivity index (χ1) is 14.8. The van der Waals surface area contributed by atoms with Crippen molar-refractivity contribution >= 4 is 27.3 Å². The maximum atomic E-state index is 13.1. The molecule has 8 heteroatoms. The molecule has 1 amide bonds. The molecular weight excluding hydrogens is 438 g/mol. The lowest BCUT2D eigenvalue weighted by Gasteiger charge is -2.28. The number of carbonyl (C=O) groups excluding carboxylic acids is 1. The smallest absolute Gasteiger partial charge is 0.261 e. The number of benzene rings is 2. The van der Waals surface area contributed by atoms with Gasteiger partial charge >= 0.3 is 0 Å². The third kappa shape index (κ3) is 6.61. The first-order valence-electron chi connectivity index (χ1n) is 10.4. The molecule has 1 heterocycles. The van der Waals surface area contributed by atoms with Gasteiger partial charge in [0.05, 0.1) is 18.1 Å². The average molecular weight is 466 g/mol. The summed E-state index contributed by atoms with van der Waals surface area (Å²) >= 11 is 5.98. The van der Waals surface area contributed by atoms with Crippen molar-refractivity contribution in [3.63, 3.8) is 0 Å². The number of rotatable bonds is 9. The minimum atomic E-state index is -3.13. The fraction of sp³-hybridized carbons (Fsp3) is 0.435. The second kappa shape index (κ2) is 10.4. The van der Waals surface area contributed by atoms with E-state index in [1.54, 1.807) is 23.1 Å². The highest BCUT2D eigenvalue weighted by Crippen LogP contribution is 2.24. The van der Waals surface area contributed by atoms with E-state index in [9.17, 15) is 13.2 Å². The van der Waals surface area contributed by atoms with Gasteiger partial charge < -0.3 is 14.4 Å². The Labute approximate surface area is 189 Å². The standard InChI is InChI=1S/C23H28ClNO5S/c1-3-11-29-21-7-4-18(5-8-21)14-25(20-10-12-31(27,28)16-20)23(26)15-30-22-9-6-19(24)13-17(22)2/h4-9,13,20H,3,10-12,14-16H2,1-2H3. The predicted octanol–water partition coefficient (Wildman–Crippen LogP) is 4.03. The summed E-state index contributed by atoms with van der Waals surface area (Å²) in [4.78, 5) is 14.7. The van der Waals surface area contributed by atoms with Gasteiger partial charge in [-0.25, -0.2) is 8.42 Å². The van der Waals surface area contributed by atoms with E-state index in [0.29, 0.717) is 30.3 Å². The Kier molecular flexibility index (Phi) is 7.84. The Hall–Kier alpha value is -2.25. The van der Waals surface area contributed by atoms with Crippen molar-refractivity contribution in [1.82, 2.24) is 4.90 Å². The van der Waals surface area contributed by atoms with Gasteiger partial charge in [0.15, 0.2) is 16.4 Å². The van der Waals surface area contributed by atoms with Crippen LogP contribution in [-0.2, 0) is 21.2 Å². The molecule has 168 valence electrons. The summed E-state index contributed by atoms with van der Waals surface area (Å²) in [6, 6.07) is 12.4. The van der Waals surface area contributed by atoms with Crippen molar-refractivity contribution in [2.75, 3.05) is 24.7 Å². The highest BCUT2D eigenvalue weighted by Gasteiger charge is 2.34. The zero-order valence-corrected chi connectivity index (χ0v) is 19.4. The lowest BCUT2D eigenvalue weighted by Crippen LogP contribution is -2.43. The third-order valence-corrected chi connectivity index (χ3v) is 7.19. The molecule has 2 aromatic carbocycles. The molecule has 1 saturated heterocycles. The number of aryl methyl sites for hydroxylation is 1. The molecular formula is C23H28ClNO5S. The van der Waals surface area contributed by atoms with E-state index in [2.05, 4.69) is 0 Å². The van der Waals surface area contributed by atoms with Gasteiger partial charge in [-0.05, 0) is 61.2 Å². The van der Waals surface area contributed by atoms with Crippen molar-refractivity contribution < 1.29 is 22.7 Å². The highest BCUT2D eigenvalue weighted by molar-refractivity contribution is 7.91. The average Bonchev–Trinajstić information content (AvgIpc) is 3.09. The molecule has 1 aliphatic heterocycles. The molecule has 1 aliphatic rings. The largest absolute Gasteiger partial charge is 0.494 e. The number of hydrogen-bond donors (Lipinski definition) is 0. The maximum absolute atomic E-state index is 13.1. The third-order valence-electron chi connectivity index (χ3n) is 5.21. The van der Waals surface area contributed by atoms with Crippen LogP contribution in [-0.4, -0.2) is 50.0 Å². The SMILES string of the molecule is CCCOc1ccc(CN(C(=O)COc2ccc(Cl)cc2C)C2CCS(=O)(=O)C2)cc1. The predicted molar refractivity (Wildman–Crippen MR) is 122 cm³/mol. The van der Waals surface area contributed by atoms with Crippen LogP contribution in [0.5, 0.6) is 11.5 Å². The number of amides is 1. The van der Waals surface area contributed by atoms with Crippen molar-refractivity contribution in [3.05, 3.63) is 58.6 Å². The highest BCUT2D eigenvalue weighted by atomic mass is 35.5. The molecule has 0 spiro atoms. The van der Waals surface area contributed by atoms with Crippen LogP contribution in [0.2, 0.25) is 5.02 Å². The van der Waals surface area contributed by atoms with Crippen LogP contribution in [0, 0.1) is 6.92 Å². The summed E-state index contributed by atoms with van der Waals surface area (Å²) in [5, 5.41) is 0.598. The number of carbonyl (C=O) groups is 1. The van der Waals surface area contributed by atoms with Gasteiger partial charge in [0.25, 0.3) is 5.91 Å². The van der Waals surface area contributed by atoms with E-state index in [1.807, 2.05) is 38.1 Å². The summed E-state index contributed by atoms with van der Waals surface area (Å²) in [7, 11) is -3.13. The Morgan fingerprint density at radius 2 is 1.90 bits per heavy atom. The van der Waals surface area contributed by atoms with Gasteiger partial charge in [-0.3, -0.25) is 4.79 Å². The van der Waals surface area contributed by atoms with Gasteiger partial charge in [0.2, 0.25) is 0 Å². The zero-order valence-electron chi connectivity index (χ0n) is 17.8. The van der Waals surface area contributed by atoms with E-state index < -0.39 is 9.84 Å². The van der Waals surface area contributed by atoms with Crippen LogP contribution in [0.3, 0.4) is 0 Å². The first kappa shape index (κ1) is 23.4. The molecule has 2 aromatic rings. The Balaban J connectivity index is 1.72. The lowest BCUT2D eigenvalue weighted by molar-refractivity contribution is -0.136. The minimum Gasteiger partial charge on any atom is -0.494 e. The minimum absolute atomic E-state index is 0.0175. The Morgan fingerprint density at radius 3 is 2.52 bits per heavy atom. The van der Waals surface area contributed by atoms with E-state index in [1.165, 1.54) is 0 Å². The normalized spacial score (nSPS) is 17.3. The summed E-state index contributed by atoms with van der Waals surface area (Å²) in [5.74, 6) is 1.18.